The van der Waals surface area contributed by atoms with E-state index in [2.05, 4.69) is 20.2 Å². The average Bonchev–Trinajstić information content (AvgIpc) is 2.83. The molecule has 17 heavy (non-hydrogen) atoms. The molecule has 2 rings (SSSR count). The number of ether oxygens (including phenoxy) is 1. The van der Waals surface area contributed by atoms with Crippen molar-refractivity contribution in [2.75, 3.05) is 33.3 Å². The predicted molar refractivity (Wildman–Crippen MR) is 66.0 cm³/mol. The first-order valence-corrected chi connectivity index (χ1v) is 6.19. The molecule has 1 aliphatic rings. The van der Waals surface area contributed by atoms with E-state index in [4.69, 9.17) is 4.74 Å². The Balaban J connectivity index is 1.75. The highest BCUT2D eigenvalue weighted by atomic mass is 16.5. The number of hydrogen-bond acceptors (Lipinski definition) is 5. The zero-order valence-electron chi connectivity index (χ0n) is 10.4. The number of nitrogens with zero attached hydrogens (tertiary/aromatic N) is 3. The molecular formula is C12H20N4O. The van der Waals surface area contributed by atoms with Gasteiger partial charge in [-0.05, 0) is 33.0 Å². The maximum atomic E-state index is 5.61. The van der Waals surface area contributed by atoms with Crippen LogP contribution >= 0.6 is 0 Å². The first kappa shape index (κ1) is 12.3. The fraction of sp³-hybridized carbons (Fsp3) is 0.667. The van der Waals surface area contributed by atoms with E-state index in [1.807, 2.05) is 7.05 Å². The lowest BCUT2D eigenvalue weighted by atomic mass is 10.4. The van der Waals surface area contributed by atoms with Gasteiger partial charge in [0.25, 0.3) is 0 Å². The second kappa shape index (κ2) is 6.51. The molecule has 94 valence electrons. The summed E-state index contributed by atoms with van der Waals surface area (Å²) in [6.45, 7) is 4.80. The van der Waals surface area contributed by atoms with Crippen LogP contribution in [0.15, 0.2) is 12.4 Å². The topological polar surface area (TPSA) is 50.3 Å². The van der Waals surface area contributed by atoms with Crippen LogP contribution in [0.2, 0.25) is 0 Å². The average molecular weight is 236 g/mol. The molecule has 1 aromatic heterocycles. The smallest absolute Gasteiger partial charge is 0.232 e. The highest BCUT2D eigenvalue weighted by Crippen LogP contribution is 2.08. The lowest BCUT2D eigenvalue weighted by Crippen LogP contribution is -2.25. The van der Waals surface area contributed by atoms with Crippen LogP contribution in [-0.2, 0) is 6.54 Å². The Morgan fingerprint density at radius 1 is 1.35 bits per heavy atom. The Labute approximate surface area is 102 Å². The SMILES string of the molecule is CNCc1cncc(OCCN2CCCC2)n1. The standard InChI is InChI=1S/C12H20N4O/c1-13-8-11-9-14-10-12(15-11)17-7-6-16-4-2-3-5-16/h9-10,13H,2-8H2,1H3. The van der Waals surface area contributed by atoms with Gasteiger partial charge in [-0.1, -0.05) is 0 Å². The molecule has 0 aliphatic carbocycles. The van der Waals surface area contributed by atoms with E-state index in [9.17, 15) is 0 Å². The lowest BCUT2D eigenvalue weighted by Gasteiger charge is -2.14. The second-order valence-corrected chi connectivity index (χ2v) is 4.28. The molecule has 1 N–H and O–H groups in total. The zero-order chi connectivity index (χ0) is 11.9. The maximum absolute atomic E-state index is 5.61. The summed E-state index contributed by atoms with van der Waals surface area (Å²) in [5, 5.41) is 3.05. The molecule has 1 aliphatic heterocycles. The third-order valence-corrected chi connectivity index (χ3v) is 2.88. The summed E-state index contributed by atoms with van der Waals surface area (Å²) in [6, 6.07) is 0. The quantitative estimate of drug-likeness (QED) is 0.787. The molecule has 5 heteroatoms. The fourth-order valence-electron chi connectivity index (χ4n) is 2.01. The molecule has 0 atom stereocenters. The Morgan fingerprint density at radius 3 is 2.94 bits per heavy atom. The van der Waals surface area contributed by atoms with Gasteiger partial charge in [-0.25, -0.2) is 4.98 Å². The zero-order valence-corrected chi connectivity index (χ0v) is 10.4. The molecular weight excluding hydrogens is 216 g/mol. The molecule has 0 aromatic carbocycles. The first-order valence-electron chi connectivity index (χ1n) is 6.19. The van der Waals surface area contributed by atoms with E-state index in [1.165, 1.54) is 25.9 Å². The van der Waals surface area contributed by atoms with Crippen molar-refractivity contribution in [2.24, 2.45) is 0 Å². The van der Waals surface area contributed by atoms with Gasteiger partial charge in [0, 0.05) is 19.3 Å². The van der Waals surface area contributed by atoms with Gasteiger partial charge in [0.1, 0.15) is 6.61 Å². The third-order valence-electron chi connectivity index (χ3n) is 2.88. The van der Waals surface area contributed by atoms with Crippen LogP contribution in [0.5, 0.6) is 5.88 Å². The van der Waals surface area contributed by atoms with Crippen molar-refractivity contribution in [2.45, 2.75) is 19.4 Å². The van der Waals surface area contributed by atoms with Gasteiger partial charge >= 0.3 is 0 Å². The van der Waals surface area contributed by atoms with Gasteiger partial charge in [0.15, 0.2) is 0 Å². The van der Waals surface area contributed by atoms with Crippen molar-refractivity contribution in [3.63, 3.8) is 0 Å². The fourth-order valence-corrected chi connectivity index (χ4v) is 2.01. The van der Waals surface area contributed by atoms with Crippen LogP contribution in [0.3, 0.4) is 0 Å². The Hall–Kier alpha value is -1.20. The van der Waals surface area contributed by atoms with E-state index in [-0.39, 0.29) is 0 Å². The monoisotopic (exact) mass is 236 g/mol. The molecule has 0 saturated carbocycles. The molecule has 1 aromatic rings. The minimum absolute atomic E-state index is 0.622. The summed E-state index contributed by atoms with van der Waals surface area (Å²) in [5.41, 5.74) is 0.908. The summed E-state index contributed by atoms with van der Waals surface area (Å²) in [7, 11) is 1.89. The van der Waals surface area contributed by atoms with Crippen molar-refractivity contribution in [3.05, 3.63) is 18.1 Å². The molecule has 1 fully saturated rings. The molecule has 5 nitrogen and oxygen atoms in total. The number of hydrogen-bond donors (Lipinski definition) is 1. The minimum Gasteiger partial charge on any atom is -0.475 e. The number of likely N-dealkylation sites (tertiary alicyclic amines) is 1. The molecule has 0 radical (unpaired) electrons. The summed E-state index contributed by atoms with van der Waals surface area (Å²) in [5.74, 6) is 0.622. The molecule has 0 unspecified atom stereocenters. The van der Waals surface area contributed by atoms with E-state index < -0.39 is 0 Å². The molecule has 2 heterocycles. The van der Waals surface area contributed by atoms with Gasteiger partial charge in [-0.2, -0.15) is 0 Å². The Morgan fingerprint density at radius 2 is 2.18 bits per heavy atom. The van der Waals surface area contributed by atoms with Crippen LogP contribution < -0.4 is 10.1 Å². The molecule has 1 saturated heterocycles. The first-order chi connectivity index (χ1) is 8.38. The lowest BCUT2D eigenvalue weighted by molar-refractivity contribution is 0.231. The van der Waals surface area contributed by atoms with Crippen LogP contribution in [0, 0.1) is 0 Å². The van der Waals surface area contributed by atoms with E-state index >= 15 is 0 Å². The van der Waals surface area contributed by atoms with E-state index in [0.717, 1.165) is 18.8 Å². The van der Waals surface area contributed by atoms with E-state index in [0.29, 0.717) is 12.5 Å². The highest BCUT2D eigenvalue weighted by molar-refractivity contribution is 5.08. The largest absolute Gasteiger partial charge is 0.475 e. The van der Waals surface area contributed by atoms with Crippen LogP contribution in [0.1, 0.15) is 18.5 Å². The number of aromatic nitrogens is 2. The van der Waals surface area contributed by atoms with Gasteiger partial charge < -0.3 is 10.1 Å². The molecule has 0 bridgehead atoms. The summed E-state index contributed by atoms with van der Waals surface area (Å²) in [4.78, 5) is 10.9. The van der Waals surface area contributed by atoms with Crippen molar-refractivity contribution in [1.82, 2.24) is 20.2 Å². The van der Waals surface area contributed by atoms with Gasteiger partial charge in [-0.15, -0.1) is 0 Å². The van der Waals surface area contributed by atoms with E-state index in [1.54, 1.807) is 12.4 Å². The van der Waals surface area contributed by atoms with Crippen LogP contribution in [0.25, 0.3) is 0 Å². The molecule has 0 spiro atoms. The maximum Gasteiger partial charge on any atom is 0.232 e. The van der Waals surface area contributed by atoms with Crippen molar-refractivity contribution in [1.29, 1.82) is 0 Å². The van der Waals surface area contributed by atoms with Crippen molar-refractivity contribution >= 4 is 0 Å². The van der Waals surface area contributed by atoms with Crippen LogP contribution in [-0.4, -0.2) is 48.2 Å². The third kappa shape index (κ3) is 3.94. The van der Waals surface area contributed by atoms with Gasteiger partial charge in [0.05, 0.1) is 11.9 Å². The number of rotatable bonds is 6. The summed E-state index contributed by atoms with van der Waals surface area (Å²) in [6.07, 6.45) is 6.06. The van der Waals surface area contributed by atoms with Crippen molar-refractivity contribution < 1.29 is 4.74 Å². The van der Waals surface area contributed by atoms with Gasteiger partial charge in [0.2, 0.25) is 5.88 Å². The summed E-state index contributed by atoms with van der Waals surface area (Å²) >= 11 is 0. The highest BCUT2D eigenvalue weighted by Gasteiger charge is 2.10. The summed E-state index contributed by atoms with van der Waals surface area (Å²) < 4.78 is 5.61. The normalized spacial score (nSPS) is 16.3. The second-order valence-electron chi connectivity index (χ2n) is 4.28. The van der Waals surface area contributed by atoms with Crippen molar-refractivity contribution in [3.8, 4) is 5.88 Å². The van der Waals surface area contributed by atoms with Crippen LogP contribution in [0.4, 0.5) is 0 Å². The predicted octanol–water partition coefficient (Wildman–Crippen LogP) is 0.671. The Kier molecular flexibility index (Phi) is 4.70. The Bertz CT molecular complexity index is 339. The van der Waals surface area contributed by atoms with Gasteiger partial charge in [-0.3, -0.25) is 9.88 Å². The molecule has 0 amide bonds. The minimum atomic E-state index is 0.622. The number of nitrogens with one attached hydrogen (secondary N) is 1.